The maximum absolute atomic E-state index is 6.09. The number of aromatic nitrogens is 2. The minimum Gasteiger partial charge on any atom is -0.476 e. The zero-order valence-electron chi connectivity index (χ0n) is 12.0. The standard InChI is InChI=1S/C14H23N5O/c1-2-20-14-12(15)13(16-9-17-14)18-10-6-8-19-7-4-3-5-11(10)19/h9-11H,2-8,15H2,1H3,(H,16,17,18). The van der Waals surface area contributed by atoms with Crippen LogP contribution in [0.5, 0.6) is 5.88 Å². The van der Waals surface area contributed by atoms with Crippen LogP contribution in [-0.2, 0) is 0 Å². The molecule has 0 aromatic carbocycles. The van der Waals surface area contributed by atoms with Crippen LogP contribution >= 0.6 is 0 Å². The summed E-state index contributed by atoms with van der Waals surface area (Å²) < 4.78 is 5.42. The van der Waals surface area contributed by atoms with E-state index in [1.54, 1.807) is 0 Å². The lowest BCUT2D eigenvalue weighted by molar-refractivity contribution is 0.192. The molecule has 1 aromatic rings. The number of rotatable bonds is 4. The fourth-order valence-corrected chi connectivity index (χ4v) is 3.34. The molecule has 0 spiro atoms. The average molecular weight is 277 g/mol. The van der Waals surface area contributed by atoms with Gasteiger partial charge in [-0.3, -0.25) is 4.90 Å². The van der Waals surface area contributed by atoms with Gasteiger partial charge in [0, 0.05) is 18.6 Å². The van der Waals surface area contributed by atoms with Gasteiger partial charge in [-0.05, 0) is 32.7 Å². The number of piperidine rings is 1. The molecule has 0 amide bonds. The van der Waals surface area contributed by atoms with Crippen molar-refractivity contribution < 1.29 is 4.74 Å². The fourth-order valence-electron chi connectivity index (χ4n) is 3.34. The molecule has 2 unspecified atom stereocenters. The lowest BCUT2D eigenvalue weighted by atomic mass is 9.99. The van der Waals surface area contributed by atoms with Gasteiger partial charge in [-0.2, -0.15) is 4.98 Å². The Bertz CT molecular complexity index is 467. The zero-order chi connectivity index (χ0) is 13.9. The summed E-state index contributed by atoms with van der Waals surface area (Å²) >= 11 is 0. The molecule has 110 valence electrons. The Labute approximate surface area is 119 Å². The zero-order valence-corrected chi connectivity index (χ0v) is 12.0. The summed E-state index contributed by atoms with van der Waals surface area (Å²) in [5, 5.41) is 3.51. The maximum atomic E-state index is 6.09. The van der Waals surface area contributed by atoms with Crippen LogP contribution < -0.4 is 15.8 Å². The van der Waals surface area contributed by atoms with Gasteiger partial charge in [-0.15, -0.1) is 0 Å². The van der Waals surface area contributed by atoms with Crippen molar-refractivity contribution in [1.29, 1.82) is 0 Å². The van der Waals surface area contributed by atoms with Crippen LogP contribution in [0.25, 0.3) is 0 Å². The van der Waals surface area contributed by atoms with E-state index in [4.69, 9.17) is 10.5 Å². The molecule has 2 atom stereocenters. The van der Waals surface area contributed by atoms with Gasteiger partial charge in [0.2, 0.25) is 5.88 Å². The van der Waals surface area contributed by atoms with Gasteiger partial charge in [0.15, 0.2) is 5.82 Å². The molecular formula is C14H23N5O. The summed E-state index contributed by atoms with van der Waals surface area (Å²) in [6.07, 6.45) is 6.58. The average Bonchev–Trinajstić information content (AvgIpc) is 2.87. The van der Waals surface area contributed by atoms with Gasteiger partial charge in [0.1, 0.15) is 12.0 Å². The van der Waals surface area contributed by atoms with Crippen molar-refractivity contribution in [1.82, 2.24) is 14.9 Å². The lowest BCUT2D eigenvalue weighted by Gasteiger charge is -2.32. The Morgan fingerprint density at radius 1 is 1.35 bits per heavy atom. The quantitative estimate of drug-likeness (QED) is 0.868. The number of hydrogen-bond donors (Lipinski definition) is 2. The third-order valence-electron chi connectivity index (χ3n) is 4.31. The number of hydrogen-bond acceptors (Lipinski definition) is 6. The topological polar surface area (TPSA) is 76.3 Å². The summed E-state index contributed by atoms with van der Waals surface area (Å²) in [5.41, 5.74) is 6.61. The van der Waals surface area contributed by atoms with E-state index in [1.807, 2.05) is 6.92 Å². The van der Waals surface area contributed by atoms with Crippen molar-refractivity contribution in [2.45, 2.75) is 44.7 Å². The summed E-state index contributed by atoms with van der Waals surface area (Å²) in [5.74, 6) is 1.18. The van der Waals surface area contributed by atoms with E-state index in [-0.39, 0.29) is 0 Å². The number of anilines is 2. The van der Waals surface area contributed by atoms with Crippen LogP contribution in [0.15, 0.2) is 6.33 Å². The first-order valence-corrected chi connectivity index (χ1v) is 7.53. The largest absolute Gasteiger partial charge is 0.476 e. The minimum atomic E-state index is 0.432. The first kappa shape index (κ1) is 13.4. The highest BCUT2D eigenvalue weighted by Crippen LogP contribution is 2.31. The van der Waals surface area contributed by atoms with E-state index >= 15 is 0 Å². The third kappa shape index (κ3) is 2.52. The van der Waals surface area contributed by atoms with Crippen molar-refractivity contribution in [3.8, 4) is 5.88 Å². The monoisotopic (exact) mass is 277 g/mol. The number of fused-ring (bicyclic) bond motifs is 1. The number of ether oxygens (including phenoxy) is 1. The second kappa shape index (κ2) is 5.83. The molecule has 20 heavy (non-hydrogen) atoms. The van der Waals surface area contributed by atoms with Crippen molar-refractivity contribution in [2.75, 3.05) is 30.7 Å². The molecule has 0 aliphatic carbocycles. The number of nitrogens with two attached hydrogens (primary N) is 1. The van der Waals surface area contributed by atoms with Gasteiger partial charge in [-0.25, -0.2) is 4.98 Å². The van der Waals surface area contributed by atoms with Crippen LogP contribution in [0.2, 0.25) is 0 Å². The molecule has 6 heteroatoms. The Morgan fingerprint density at radius 2 is 2.25 bits per heavy atom. The predicted octanol–water partition coefficient (Wildman–Crippen LogP) is 1.50. The molecule has 2 aliphatic heterocycles. The molecular weight excluding hydrogens is 254 g/mol. The number of nitrogens with zero attached hydrogens (tertiary/aromatic N) is 3. The summed E-state index contributed by atoms with van der Waals surface area (Å²) in [7, 11) is 0. The van der Waals surface area contributed by atoms with Crippen LogP contribution in [0, 0.1) is 0 Å². The van der Waals surface area contributed by atoms with E-state index in [9.17, 15) is 0 Å². The second-order valence-electron chi connectivity index (χ2n) is 5.51. The molecule has 1 aromatic heterocycles. The Kier molecular flexibility index (Phi) is 3.91. The Hall–Kier alpha value is -1.56. The molecule has 6 nitrogen and oxygen atoms in total. The second-order valence-corrected chi connectivity index (χ2v) is 5.51. The van der Waals surface area contributed by atoms with Gasteiger partial charge >= 0.3 is 0 Å². The molecule has 2 saturated heterocycles. The van der Waals surface area contributed by atoms with Crippen molar-refractivity contribution in [2.24, 2.45) is 0 Å². The highest BCUT2D eigenvalue weighted by molar-refractivity contribution is 5.66. The SMILES string of the molecule is CCOc1ncnc(NC2CCN3CCCCC23)c1N. The van der Waals surface area contributed by atoms with Gasteiger partial charge in [-0.1, -0.05) is 6.42 Å². The number of nitrogen functional groups attached to an aromatic ring is 1. The lowest BCUT2D eigenvalue weighted by Crippen LogP contribution is -2.41. The first-order valence-electron chi connectivity index (χ1n) is 7.53. The maximum Gasteiger partial charge on any atom is 0.242 e. The fraction of sp³-hybridized carbons (Fsp3) is 0.714. The van der Waals surface area contributed by atoms with Gasteiger partial charge in [0.25, 0.3) is 0 Å². The highest BCUT2D eigenvalue weighted by atomic mass is 16.5. The Morgan fingerprint density at radius 3 is 3.10 bits per heavy atom. The van der Waals surface area contributed by atoms with E-state index < -0.39 is 0 Å². The normalized spacial score (nSPS) is 26.2. The van der Waals surface area contributed by atoms with Gasteiger partial charge < -0.3 is 15.8 Å². The smallest absolute Gasteiger partial charge is 0.242 e. The third-order valence-corrected chi connectivity index (χ3v) is 4.31. The van der Waals surface area contributed by atoms with Crippen LogP contribution in [0.3, 0.4) is 0 Å². The molecule has 0 bridgehead atoms. The number of nitrogens with one attached hydrogen (secondary N) is 1. The summed E-state index contributed by atoms with van der Waals surface area (Å²) in [6, 6.07) is 1.05. The molecule has 2 aliphatic rings. The van der Waals surface area contributed by atoms with Crippen LogP contribution in [-0.4, -0.2) is 46.6 Å². The van der Waals surface area contributed by atoms with Crippen LogP contribution in [0.4, 0.5) is 11.5 Å². The van der Waals surface area contributed by atoms with E-state index in [0.717, 1.165) is 6.42 Å². The first-order chi connectivity index (χ1) is 9.79. The molecule has 3 rings (SSSR count). The summed E-state index contributed by atoms with van der Waals surface area (Å²) in [4.78, 5) is 10.9. The summed E-state index contributed by atoms with van der Waals surface area (Å²) in [6.45, 7) is 4.88. The van der Waals surface area contributed by atoms with E-state index in [1.165, 1.54) is 38.7 Å². The van der Waals surface area contributed by atoms with Gasteiger partial charge in [0.05, 0.1) is 6.61 Å². The van der Waals surface area contributed by atoms with E-state index in [0.29, 0.717) is 36.1 Å². The van der Waals surface area contributed by atoms with E-state index in [2.05, 4.69) is 20.2 Å². The Balaban J connectivity index is 1.73. The van der Waals surface area contributed by atoms with Crippen molar-refractivity contribution in [3.63, 3.8) is 0 Å². The molecule has 0 radical (unpaired) electrons. The van der Waals surface area contributed by atoms with Crippen molar-refractivity contribution >= 4 is 11.5 Å². The molecule has 2 fully saturated rings. The highest BCUT2D eigenvalue weighted by Gasteiger charge is 2.35. The molecule has 3 N–H and O–H groups in total. The molecule has 0 saturated carbocycles. The predicted molar refractivity (Wildman–Crippen MR) is 78.9 cm³/mol. The van der Waals surface area contributed by atoms with Crippen LogP contribution in [0.1, 0.15) is 32.6 Å². The van der Waals surface area contributed by atoms with Crippen molar-refractivity contribution in [3.05, 3.63) is 6.33 Å². The minimum absolute atomic E-state index is 0.432. The molecule has 3 heterocycles.